The van der Waals surface area contributed by atoms with Crippen LogP contribution in [0.3, 0.4) is 0 Å². The van der Waals surface area contributed by atoms with Crippen molar-refractivity contribution < 1.29 is 20.1 Å². The highest BCUT2D eigenvalue weighted by molar-refractivity contribution is 9.10. The Bertz CT molecular complexity index is 1180. The van der Waals surface area contributed by atoms with Gasteiger partial charge in [-0.3, -0.25) is 4.79 Å². The number of H-pyrrole nitrogens is 1. The Morgan fingerprint density at radius 1 is 1.42 bits per heavy atom. The van der Waals surface area contributed by atoms with Gasteiger partial charge in [0, 0.05) is 20.9 Å². The van der Waals surface area contributed by atoms with Gasteiger partial charge in [0.25, 0.3) is 0 Å². The maximum atomic E-state index is 11.4. The van der Waals surface area contributed by atoms with Crippen molar-refractivity contribution in [2.75, 3.05) is 6.61 Å². The molecule has 4 rings (SSSR count). The third kappa shape index (κ3) is 4.44. The van der Waals surface area contributed by atoms with Gasteiger partial charge in [0.1, 0.15) is 41.6 Å². The van der Waals surface area contributed by atoms with Crippen molar-refractivity contribution in [3.63, 3.8) is 0 Å². The summed E-state index contributed by atoms with van der Waals surface area (Å²) < 4.78 is 7.62. The topological polar surface area (TPSA) is 170 Å². The predicted molar refractivity (Wildman–Crippen MR) is 113 cm³/mol. The van der Waals surface area contributed by atoms with Crippen LogP contribution in [-0.4, -0.2) is 70.6 Å². The van der Waals surface area contributed by atoms with E-state index < -0.39 is 36.4 Å². The molecule has 14 heteroatoms. The largest absolute Gasteiger partial charge is 0.394 e. The summed E-state index contributed by atoms with van der Waals surface area (Å²) in [6.07, 6.45) is -0.605. The van der Waals surface area contributed by atoms with Crippen molar-refractivity contribution in [3.8, 4) is 17.5 Å². The van der Waals surface area contributed by atoms with Gasteiger partial charge < -0.3 is 25.0 Å². The zero-order valence-corrected chi connectivity index (χ0v) is 18.7. The van der Waals surface area contributed by atoms with Crippen LogP contribution in [0.25, 0.3) is 11.4 Å². The van der Waals surface area contributed by atoms with Crippen LogP contribution in [0.15, 0.2) is 38.0 Å². The summed E-state index contributed by atoms with van der Waals surface area (Å²) in [4.78, 5) is 18.3. The number of hydrogen-bond acceptors (Lipinski definition) is 11. The zero-order chi connectivity index (χ0) is 22.1. The van der Waals surface area contributed by atoms with E-state index in [0.29, 0.717) is 20.8 Å². The molecule has 3 aromatic rings. The van der Waals surface area contributed by atoms with Gasteiger partial charge in [0.05, 0.1) is 18.5 Å². The number of nitriles is 1. The lowest BCUT2D eigenvalue weighted by Gasteiger charge is -2.41. The first-order valence-electron chi connectivity index (χ1n) is 8.86. The van der Waals surface area contributed by atoms with Gasteiger partial charge in [-0.05, 0) is 22.0 Å². The second-order valence-corrected chi connectivity index (χ2v) is 9.47. The van der Waals surface area contributed by atoms with E-state index in [1.165, 1.54) is 17.1 Å². The Kier molecular flexibility index (Phi) is 6.53. The highest BCUT2D eigenvalue weighted by atomic mass is 79.9. The van der Waals surface area contributed by atoms with Gasteiger partial charge in [-0.25, -0.2) is 9.67 Å². The number of aliphatic hydroxyl groups excluding tert-OH is 3. The molecule has 1 aliphatic rings. The van der Waals surface area contributed by atoms with Crippen molar-refractivity contribution in [2.24, 2.45) is 0 Å². The van der Waals surface area contributed by atoms with Crippen molar-refractivity contribution >= 4 is 39.0 Å². The Morgan fingerprint density at radius 3 is 2.90 bits per heavy atom. The van der Waals surface area contributed by atoms with Crippen LogP contribution in [0.2, 0.25) is 0 Å². The van der Waals surface area contributed by atoms with Gasteiger partial charge in [-0.1, -0.05) is 28.3 Å². The average Bonchev–Trinajstić information content (AvgIpc) is 3.39. The second-order valence-electron chi connectivity index (χ2n) is 6.57. The lowest BCUT2D eigenvalue weighted by molar-refractivity contribution is -0.178. The highest BCUT2D eigenvalue weighted by Gasteiger charge is 2.46. The number of aromatic amines is 1. The Morgan fingerprint density at radius 2 is 2.23 bits per heavy atom. The summed E-state index contributed by atoms with van der Waals surface area (Å²) in [5, 5.41) is 50.3. The number of nitrogens with zero attached hydrogens (tertiary/aromatic N) is 5. The fraction of sp³-hybridized carbons (Fsp3) is 0.353. The fourth-order valence-corrected chi connectivity index (χ4v) is 5.36. The standard InChI is InChI=1S/C17H15BrN6O5S2/c18-7-1-12(8(2-19)20-3-7)31-16-15(27)13(14(26)11(5-25)29-16)24-4-9(22-23-24)10-6-30-17(28)21-10/h1,3-4,6,11,13-16,25-27H,5H2,(H,21,28)/t11?,13?,14-,15?,16+/m0/s1. The maximum Gasteiger partial charge on any atom is 0.304 e. The molecule has 0 aromatic carbocycles. The van der Waals surface area contributed by atoms with Crippen LogP contribution in [-0.2, 0) is 4.74 Å². The normalized spacial score (nSPS) is 26.0. The number of pyridine rings is 1. The first-order chi connectivity index (χ1) is 14.9. The molecule has 4 heterocycles. The number of aromatic nitrogens is 5. The minimum atomic E-state index is -1.29. The quantitative estimate of drug-likeness (QED) is 0.366. The number of thiazole rings is 1. The van der Waals surface area contributed by atoms with E-state index in [4.69, 9.17) is 4.74 Å². The minimum Gasteiger partial charge on any atom is -0.394 e. The van der Waals surface area contributed by atoms with Crippen LogP contribution in [0.1, 0.15) is 11.7 Å². The summed E-state index contributed by atoms with van der Waals surface area (Å²) in [6, 6.07) is 2.65. The summed E-state index contributed by atoms with van der Waals surface area (Å²) in [6.45, 7) is -0.497. The molecule has 1 saturated heterocycles. The molecule has 11 nitrogen and oxygen atoms in total. The third-order valence-corrected chi connectivity index (χ3v) is 6.92. The first-order valence-corrected chi connectivity index (χ1v) is 11.4. The zero-order valence-electron chi connectivity index (χ0n) is 15.5. The molecular weight excluding hydrogens is 512 g/mol. The van der Waals surface area contributed by atoms with E-state index in [-0.39, 0.29) is 10.6 Å². The molecule has 162 valence electrons. The van der Waals surface area contributed by atoms with Gasteiger partial charge >= 0.3 is 4.87 Å². The summed E-state index contributed by atoms with van der Waals surface area (Å²) in [5.74, 6) is 0. The molecule has 0 bridgehead atoms. The molecule has 0 aliphatic carbocycles. The lowest BCUT2D eigenvalue weighted by atomic mass is 9.97. The molecule has 0 spiro atoms. The Labute approximate surface area is 191 Å². The number of thioether (sulfide) groups is 1. The molecule has 3 unspecified atom stereocenters. The van der Waals surface area contributed by atoms with Crippen LogP contribution in [0.5, 0.6) is 0 Å². The maximum absolute atomic E-state index is 11.4. The van der Waals surface area contributed by atoms with Crippen molar-refractivity contribution in [1.82, 2.24) is 25.0 Å². The van der Waals surface area contributed by atoms with Crippen molar-refractivity contribution in [3.05, 3.63) is 43.7 Å². The smallest absolute Gasteiger partial charge is 0.304 e. The Hall–Kier alpha value is -2.12. The first kappa shape index (κ1) is 22.1. The van der Waals surface area contributed by atoms with Crippen LogP contribution in [0.4, 0.5) is 0 Å². The van der Waals surface area contributed by atoms with Gasteiger partial charge in [0.2, 0.25) is 0 Å². The molecule has 0 saturated carbocycles. The lowest BCUT2D eigenvalue weighted by Crippen LogP contribution is -2.55. The van der Waals surface area contributed by atoms with Crippen molar-refractivity contribution in [2.45, 2.75) is 34.7 Å². The Balaban J connectivity index is 1.65. The molecular formula is C17H15BrN6O5S2. The number of aliphatic hydroxyl groups is 3. The second kappa shape index (κ2) is 9.17. The van der Waals surface area contributed by atoms with E-state index in [0.717, 1.165) is 23.1 Å². The molecule has 3 aromatic heterocycles. The number of ether oxygens (including phenoxy) is 1. The third-order valence-electron chi connectivity index (χ3n) is 4.63. The fourth-order valence-electron chi connectivity index (χ4n) is 3.15. The van der Waals surface area contributed by atoms with Gasteiger partial charge in [0.15, 0.2) is 5.69 Å². The van der Waals surface area contributed by atoms with E-state index in [9.17, 15) is 25.4 Å². The van der Waals surface area contributed by atoms with E-state index in [1.54, 1.807) is 11.4 Å². The monoisotopic (exact) mass is 526 g/mol. The number of rotatable bonds is 5. The average molecular weight is 527 g/mol. The summed E-state index contributed by atoms with van der Waals surface area (Å²) >= 11 is 5.32. The molecule has 1 fully saturated rings. The molecule has 4 N–H and O–H groups in total. The minimum absolute atomic E-state index is 0.150. The summed E-state index contributed by atoms with van der Waals surface area (Å²) in [5.41, 5.74) is 0.0248. The number of halogens is 1. The number of hydrogen-bond donors (Lipinski definition) is 4. The summed E-state index contributed by atoms with van der Waals surface area (Å²) in [7, 11) is 0. The van der Waals surface area contributed by atoms with Crippen LogP contribution in [0, 0.1) is 11.3 Å². The van der Waals surface area contributed by atoms with Crippen molar-refractivity contribution in [1.29, 1.82) is 5.26 Å². The molecule has 1 aliphatic heterocycles. The highest BCUT2D eigenvalue weighted by Crippen LogP contribution is 2.39. The van der Waals surface area contributed by atoms with Crippen LogP contribution < -0.4 is 4.87 Å². The molecule has 5 atom stereocenters. The molecule has 0 amide bonds. The van der Waals surface area contributed by atoms with Gasteiger partial charge in [-0.15, -0.1) is 5.10 Å². The van der Waals surface area contributed by atoms with E-state index >= 15 is 0 Å². The predicted octanol–water partition coefficient (Wildman–Crippen LogP) is 0.496. The van der Waals surface area contributed by atoms with E-state index in [2.05, 4.69) is 36.2 Å². The van der Waals surface area contributed by atoms with Gasteiger partial charge in [-0.2, -0.15) is 5.26 Å². The molecule has 0 radical (unpaired) electrons. The van der Waals surface area contributed by atoms with Crippen LogP contribution >= 0.6 is 39.0 Å². The molecule has 31 heavy (non-hydrogen) atoms. The SMILES string of the molecule is N#Cc1ncc(Br)cc1S[C@H]1OC(CO)[C@H](O)C(n2cc(-c3csc(=O)[nH]3)nn2)C1O. The van der Waals surface area contributed by atoms with E-state index in [1.807, 2.05) is 6.07 Å². The number of nitrogens with one attached hydrogen (secondary N) is 1.